The van der Waals surface area contributed by atoms with Gasteiger partial charge in [0.2, 0.25) is 5.91 Å². The Morgan fingerprint density at radius 2 is 1.84 bits per heavy atom. The third-order valence-corrected chi connectivity index (χ3v) is 5.74. The van der Waals surface area contributed by atoms with E-state index in [9.17, 15) is 18.8 Å². The number of halogens is 1. The maximum atomic E-state index is 14.0. The Bertz CT molecular complexity index is 1230. The lowest BCUT2D eigenvalue weighted by Crippen LogP contribution is -2.45. The summed E-state index contributed by atoms with van der Waals surface area (Å²) in [6.45, 7) is 8.84. The Kier molecular flexibility index (Phi) is 10.6. The number of nitrogens with zero attached hydrogens (tertiary/aromatic N) is 4. The molecule has 0 fully saturated rings. The number of ether oxygens (including phenoxy) is 2. The molecule has 0 N–H and O–H groups in total. The molecule has 11 heteroatoms. The van der Waals surface area contributed by atoms with E-state index >= 15 is 0 Å². The Hall–Kier alpha value is -3.47. The van der Waals surface area contributed by atoms with E-state index in [0.29, 0.717) is 11.3 Å². The van der Waals surface area contributed by atoms with Gasteiger partial charge in [-0.15, -0.1) is 0 Å². The van der Waals surface area contributed by atoms with Crippen LogP contribution in [0.25, 0.3) is 0 Å². The zero-order valence-electron chi connectivity index (χ0n) is 22.8. The van der Waals surface area contributed by atoms with Crippen LogP contribution in [0.3, 0.4) is 0 Å². The summed E-state index contributed by atoms with van der Waals surface area (Å²) in [6.07, 6.45) is 0.415. The van der Waals surface area contributed by atoms with Crippen LogP contribution in [-0.4, -0.2) is 59.6 Å². The van der Waals surface area contributed by atoms with Gasteiger partial charge in [0, 0.05) is 44.9 Å². The van der Waals surface area contributed by atoms with E-state index < -0.39 is 23.2 Å². The lowest BCUT2D eigenvalue weighted by molar-refractivity contribution is -0.133. The van der Waals surface area contributed by atoms with E-state index in [2.05, 4.69) is 5.16 Å². The number of hydrogen-bond donors (Lipinski definition) is 0. The molecule has 2 aromatic rings. The molecule has 1 unspecified atom stereocenters. The van der Waals surface area contributed by atoms with Crippen LogP contribution < -0.4 is 16.0 Å². The number of hydrogen-bond acceptors (Lipinski definition) is 7. The van der Waals surface area contributed by atoms with Crippen LogP contribution in [-0.2, 0) is 27.5 Å². The van der Waals surface area contributed by atoms with Gasteiger partial charge in [-0.05, 0) is 39.0 Å². The highest BCUT2D eigenvalue weighted by Gasteiger charge is 2.22. The first kappa shape index (κ1) is 29.8. The smallest absolute Gasteiger partial charge is 0.331 e. The summed E-state index contributed by atoms with van der Waals surface area (Å²) < 4.78 is 27.4. The monoisotopic (exact) mass is 520 g/mol. The van der Waals surface area contributed by atoms with Crippen LogP contribution in [0.5, 0.6) is 5.75 Å². The van der Waals surface area contributed by atoms with Crippen LogP contribution in [0.2, 0.25) is 0 Å². The molecule has 37 heavy (non-hydrogen) atoms. The molecular formula is C26H37FN4O6. The number of methoxy groups -OCH3 is 2. The number of amides is 1. The molecule has 204 valence electrons. The van der Waals surface area contributed by atoms with Gasteiger partial charge in [-0.3, -0.25) is 18.7 Å². The molecule has 10 nitrogen and oxygen atoms in total. The highest BCUT2D eigenvalue weighted by atomic mass is 19.1. The SMILES string of the molecule is COc1ccc(F)cc1C(Cn1cc(/C(C)=N/OC(C)C)c(=O)n(CCN(C)C(=O)C(C)C)c1=O)OC. The summed E-state index contributed by atoms with van der Waals surface area (Å²) in [6, 6.07) is 4.03. The molecule has 0 spiro atoms. The number of aromatic nitrogens is 2. The van der Waals surface area contributed by atoms with Crippen molar-refractivity contribution < 1.29 is 23.5 Å². The fourth-order valence-electron chi connectivity index (χ4n) is 3.70. The molecule has 0 saturated heterocycles. The van der Waals surface area contributed by atoms with Gasteiger partial charge in [-0.1, -0.05) is 19.0 Å². The predicted molar refractivity (Wildman–Crippen MR) is 139 cm³/mol. The minimum absolute atomic E-state index is 0.0281. The van der Waals surface area contributed by atoms with Crippen molar-refractivity contribution in [2.45, 2.75) is 59.9 Å². The first-order valence-corrected chi connectivity index (χ1v) is 12.1. The average Bonchev–Trinajstić information content (AvgIpc) is 2.85. The summed E-state index contributed by atoms with van der Waals surface area (Å²) in [5.74, 6) is -0.421. The van der Waals surface area contributed by atoms with Gasteiger partial charge in [-0.25, -0.2) is 9.18 Å². The second-order valence-corrected chi connectivity index (χ2v) is 9.29. The molecule has 0 aliphatic heterocycles. The lowest BCUT2D eigenvalue weighted by Gasteiger charge is -2.22. The fourth-order valence-corrected chi connectivity index (χ4v) is 3.70. The minimum atomic E-state index is -0.767. The Balaban J connectivity index is 2.60. The molecular weight excluding hydrogens is 483 g/mol. The third kappa shape index (κ3) is 7.51. The number of rotatable bonds is 12. The van der Waals surface area contributed by atoms with Crippen LogP contribution in [0.15, 0.2) is 39.1 Å². The first-order chi connectivity index (χ1) is 17.4. The fraction of sp³-hybridized carbons (Fsp3) is 0.538. The van der Waals surface area contributed by atoms with Crippen LogP contribution in [0.4, 0.5) is 4.39 Å². The largest absolute Gasteiger partial charge is 0.496 e. The van der Waals surface area contributed by atoms with Crippen LogP contribution >= 0.6 is 0 Å². The maximum Gasteiger partial charge on any atom is 0.331 e. The van der Waals surface area contributed by atoms with E-state index in [-0.39, 0.29) is 48.8 Å². The van der Waals surface area contributed by atoms with Crippen molar-refractivity contribution in [1.82, 2.24) is 14.0 Å². The second kappa shape index (κ2) is 13.2. The average molecular weight is 521 g/mol. The molecule has 1 amide bonds. The van der Waals surface area contributed by atoms with Gasteiger partial charge in [-0.2, -0.15) is 0 Å². The van der Waals surface area contributed by atoms with E-state index in [0.717, 1.165) is 4.57 Å². The summed E-state index contributed by atoms with van der Waals surface area (Å²) in [7, 11) is 4.51. The Morgan fingerprint density at radius 3 is 2.41 bits per heavy atom. The maximum absolute atomic E-state index is 14.0. The molecule has 1 aromatic carbocycles. The van der Waals surface area contributed by atoms with Gasteiger partial charge in [0.05, 0.1) is 24.9 Å². The van der Waals surface area contributed by atoms with Gasteiger partial charge in [0.15, 0.2) is 0 Å². The van der Waals surface area contributed by atoms with Gasteiger partial charge in [0.25, 0.3) is 5.56 Å². The summed E-state index contributed by atoms with van der Waals surface area (Å²) in [5, 5.41) is 4.03. The van der Waals surface area contributed by atoms with Gasteiger partial charge >= 0.3 is 5.69 Å². The second-order valence-electron chi connectivity index (χ2n) is 9.29. The molecule has 0 aliphatic carbocycles. The first-order valence-electron chi connectivity index (χ1n) is 12.1. The van der Waals surface area contributed by atoms with Crippen molar-refractivity contribution >= 4 is 11.6 Å². The van der Waals surface area contributed by atoms with Gasteiger partial charge < -0.3 is 19.2 Å². The van der Waals surface area contributed by atoms with E-state index in [1.807, 2.05) is 0 Å². The van der Waals surface area contributed by atoms with Crippen molar-refractivity contribution in [3.63, 3.8) is 0 Å². The predicted octanol–water partition coefficient (Wildman–Crippen LogP) is 2.81. The van der Waals surface area contributed by atoms with Crippen molar-refractivity contribution in [3.8, 4) is 5.75 Å². The highest BCUT2D eigenvalue weighted by molar-refractivity contribution is 5.97. The molecule has 1 atom stereocenters. The number of benzene rings is 1. The molecule has 1 heterocycles. The summed E-state index contributed by atoms with van der Waals surface area (Å²) >= 11 is 0. The van der Waals surface area contributed by atoms with Crippen molar-refractivity contribution in [2.75, 3.05) is 27.8 Å². The Labute approximate surface area is 216 Å². The molecule has 0 bridgehead atoms. The van der Waals surface area contributed by atoms with Gasteiger partial charge in [0.1, 0.15) is 23.8 Å². The van der Waals surface area contributed by atoms with Crippen LogP contribution in [0.1, 0.15) is 51.8 Å². The number of carbonyl (C=O) groups excluding carboxylic acids is 1. The topological polar surface area (TPSA) is 104 Å². The molecule has 2 rings (SSSR count). The van der Waals surface area contributed by atoms with Crippen molar-refractivity contribution in [2.24, 2.45) is 11.1 Å². The number of carbonyl (C=O) groups is 1. The quantitative estimate of drug-likeness (QED) is 0.315. The molecule has 0 aliphatic rings. The summed E-state index contributed by atoms with van der Waals surface area (Å²) in [5.41, 5.74) is -0.317. The van der Waals surface area contributed by atoms with E-state index in [4.69, 9.17) is 14.3 Å². The molecule has 0 radical (unpaired) electrons. The third-order valence-electron chi connectivity index (χ3n) is 5.74. The summed E-state index contributed by atoms with van der Waals surface area (Å²) in [4.78, 5) is 45.9. The van der Waals surface area contributed by atoms with Crippen molar-refractivity contribution in [3.05, 3.63) is 62.2 Å². The lowest BCUT2D eigenvalue weighted by atomic mass is 10.1. The molecule has 1 aromatic heterocycles. The minimum Gasteiger partial charge on any atom is -0.496 e. The standard InChI is InChI=1S/C26H37FN4O6/c1-16(2)24(32)29(6)11-12-31-25(33)21(18(5)28-37-17(3)4)14-30(26(31)34)15-23(36-8)20-13-19(27)9-10-22(20)35-7/h9-10,13-14,16-17,23H,11-12,15H2,1-8H3/b28-18+. The van der Waals surface area contributed by atoms with E-state index in [1.54, 1.807) is 41.7 Å². The number of likely N-dealkylation sites (N-methyl/N-ethyl adjacent to an activating group) is 1. The van der Waals surface area contributed by atoms with E-state index in [1.165, 1.54) is 48.1 Å². The number of oxime groups is 1. The molecule has 0 saturated carbocycles. The zero-order chi connectivity index (χ0) is 27.9. The van der Waals surface area contributed by atoms with Crippen LogP contribution in [0, 0.1) is 11.7 Å². The normalized spacial score (nSPS) is 12.7. The zero-order valence-corrected chi connectivity index (χ0v) is 22.8. The highest BCUT2D eigenvalue weighted by Crippen LogP contribution is 2.29. The van der Waals surface area contributed by atoms with Crippen molar-refractivity contribution in [1.29, 1.82) is 0 Å². The Morgan fingerprint density at radius 1 is 1.16 bits per heavy atom.